The molecule has 0 aromatic heterocycles. The van der Waals surface area contributed by atoms with Gasteiger partial charge in [0.05, 0.1) is 6.61 Å². The molecule has 0 unspecified atom stereocenters. The molecule has 0 rings (SSSR count). The molecule has 0 aliphatic carbocycles. The summed E-state index contributed by atoms with van der Waals surface area (Å²) < 4.78 is 4.55. The Bertz CT molecular complexity index is 45.5. The molecular formula is C4H10CaO2. The number of methoxy groups -OCH3 is 1. The third kappa shape index (κ3) is 10.9. The summed E-state index contributed by atoms with van der Waals surface area (Å²) in [7, 11) is 1.57. The van der Waals surface area contributed by atoms with E-state index in [0.717, 1.165) is 6.29 Å². The summed E-state index contributed by atoms with van der Waals surface area (Å²) in [5.41, 5.74) is 0. The van der Waals surface area contributed by atoms with Crippen molar-refractivity contribution in [3.05, 3.63) is 0 Å². The fourth-order valence-corrected chi connectivity index (χ4v) is 0.166. The first-order valence-corrected chi connectivity index (χ1v) is 1.84. The fourth-order valence-electron chi connectivity index (χ4n) is 0.166. The van der Waals surface area contributed by atoms with Crippen LogP contribution in [0.4, 0.5) is 0 Å². The number of hydrogen-bond acceptors (Lipinski definition) is 2. The van der Waals surface area contributed by atoms with Crippen molar-refractivity contribution in [1.82, 2.24) is 0 Å². The Morgan fingerprint density at radius 2 is 2.43 bits per heavy atom. The molecule has 0 radical (unpaired) electrons. The van der Waals surface area contributed by atoms with Crippen LogP contribution in [-0.4, -0.2) is 57.7 Å². The Morgan fingerprint density at radius 1 is 1.86 bits per heavy atom. The van der Waals surface area contributed by atoms with Crippen molar-refractivity contribution < 1.29 is 12.4 Å². The van der Waals surface area contributed by atoms with Crippen molar-refractivity contribution in [1.29, 1.82) is 0 Å². The molecule has 7 heavy (non-hydrogen) atoms. The molecular weight excluding hydrogens is 120 g/mol. The summed E-state index contributed by atoms with van der Waals surface area (Å²) in [5, 5.41) is 0. The molecule has 0 saturated heterocycles. The van der Waals surface area contributed by atoms with Gasteiger partial charge in [0.15, 0.2) is 0 Å². The van der Waals surface area contributed by atoms with Crippen LogP contribution in [0.5, 0.6) is 0 Å². The molecule has 0 atom stereocenters. The van der Waals surface area contributed by atoms with Gasteiger partial charge >= 0.3 is 37.7 Å². The van der Waals surface area contributed by atoms with Gasteiger partial charge in [-0.25, -0.2) is 0 Å². The van der Waals surface area contributed by atoms with E-state index in [4.69, 9.17) is 0 Å². The van der Waals surface area contributed by atoms with E-state index in [0.29, 0.717) is 13.0 Å². The third-order valence-corrected chi connectivity index (χ3v) is 0.440. The molecule has 0 aliphatic rings. The van der Waals surface area contributed by atoms with Crippen molar-refractivity contribution in [2.45, 2.75) is 6.42 Å². The number of ether oxygens (including phenoxy) is 1. The van der Waals surface area contributed by atoms with Gasteiger partial charge in [-0.2, -0.15) is 0 Å². The van der Waals surface area contributed by atoms with Crippen LogP contribution in [0.15, 0.2) is 0 Å². The van der Waals surface area contributed by atoms with Gasteiger partial charge in [0.25, 0.3) is 0 Å². The van der Waals surface area contributed by atoms with Gasteiger partial charge in [-0.3, -0.25) is 0 Å². The molecule has 0 aliphatic heterocycles. The number of rotatable bonds is 3. The van der Waals surface area contributed by atoms with Crippen LogP contribution in [0.25, 0.3) is 0 Å². The van der Waals surface area contributed by atoms with Gasteiger partial charge in [0, 0.05) is 13.5 Å². The maximum absolute atomic E-state index is 9.48. The van der Waals surface area contributed by atoms with Gasteiger partial charge in [0.2, 0.25) is 0 Å². The van der Waals surface area contributed by atoms with Crippen LogP contribution in [0.3, 0.4) is 0 Å². The standard InChI is InChI=1S/C4H8O2.Ca.2H/c1-6-4-2-3-5;;;/h3H,2,4H2,1H3;;;/q;+2;2*-1. The number of hydrogen-bond donors (Lipinski definition) is 0. The van der Waals surface area contributed by atoms with E-state index in [1.807, 2.05) is 0 Å². The Kier molecular flexibility index (Phi) is 15.4. The van der Waals surface area contributed by atoms with Crippen molar-refractivity contribution in [3.8, 4) is 0 Å². The predicted molar refractivity (Wildman–Crippen MR) is 30.5 cm³/mol. The smallest absolute Gasteiger partial charge is 1.00 e. The number of aldehydes is 1. The number of carbonyl (C=O) groups excluding carboxylic acids is 1. The van der Waals surface area contributed by atoms with Crippen LogP contribution < -0.4 is 0 Å². The number of carbonyl (C=O) groups is 1. The van der Waals surface area contributed by atoms with Gasteiger partial charge in [0.1, 0.15) is 6.29 Å². The van der Waals surface area contributed by atoms with Crippen LogP contribution in [-0.2, 0) is 9.53 Å². The minimum atomic E-state index is 0. The van der Waals surface area contributed by atoms with Crippen molar-refractivity contribution >= 4 is 44.0 Å². The second kappa shape index (κ2) is 10.00. The van der Waals surface area contributed by atoms with Crippen LogP contribution in [0, 0.1) is 0 Å². The van der Waals surface area contributed by atoms with E-state index < -0.39 is 0 Å². The van der Waals surface area contributed by atoms with E-state index in [-0.39, 0.29) is 40.6 Å². The van der Waals surface area contributed by atoms with Crippen molar-refractivity contribution in [2.75, 3.05) is 13.7 Å². The second-order valence-corrected chi connectivity index (χ2v) is 0.948. The normalized spacial score (nSPS) is 7.00. The molecule has 0 aromatic carbocycles. The van der Waals surface area contributed by atoms with Gasteiger partial charge in [-0.05, 0) is 0 Å². The molecule has 0 spiro atoms. The maximum atomic E-state index is 9.48. The van der Waals surface area contributed by atoms with Crippen LogP contribution >= 0.6 is 0 Å². The van der Waals surface area contributed by atoms with E-state index in [1.54, 1.807) is 7.11 Å². The summed E-state index contributed by atoms with van der Waals surface area (Å²) in [4.78, 5) is 9.48. The molecule has 0 heterocycles. The molecule has 0 saturated carbocycles. The minimum Gasteiger partial charge on any atom is -1.00 e. The first kappa shape index (κ1) is 10.8. The van der Waals surface area contributed by atoms with E-state index in [2.05, 4.69) is 4.74 Å². The summed E-state index contributed by atoms with van der Waals surface area (Å²) in [5.74, 6) is 0. The monoisotopic (exact) mass is 130 g/mol. The summed E-state index contributed by atoms with van der Waals surface area (Å²) >= 11 is 0. The van der Waals surface area contributed by atoms with Gasteiger partial charge < -0.3 is 12.4 Å². The summed E-state index contributed by atoms with van der Waals surface area (Å²) in [6.07, 6.45) is 1.35. The second-order valence-electron chi connectivity index (χ2n) is 0.948. The van der Waals surface area contributed by atoms with Gasteiger partial charge in [-0.1, -0.05) is 0 Å². The first-order valence-electron chi connectivity index (χ1n) is 1.84. The van der Waals surface area contributed by atoms with Crippen molar-refractivity contribution in [3.63, 3.8) is 0 Å². The Morgan fingerprint density at radius 3 is 2.57 bits per heavy atom. The Labute approximate surface area is 76.2 Å². The molecule has 3 heteroatoms. The minimum absolute atomic E-state index is 0. The average molecular weight is 130 g/mol. The maximum Gasteiger partial charge on any atom is 2.00 e. The Balaban J connectivity index is -0.0000000417. The predicted octanol–water partition coefficient (Wildman–Crippen LogP) is 0.0660. The van der Waals surface area contributed by atoms with Crippen LogP contribution in [0.2, 0.25) is 0 Å². The average Bonchev–Trinajstić information content (AvgIpc) is 1.61. The Hall–Kier alpha value is 0.890. The molecule has 0 amide bonds. The molecule has 40 valence electrons. The molecule has 2 nitrogen and oxygen atoms in total. The van der Waals surface area contributed by atoms with Crippen molar-refractivity contribution in [2.24, 2.45) is 0 Å². The van der Waals surface area contributed by atoms with E-state index in [1.165, 1.54) is 0 Å². The zero-order chi connectivity index (χ0) is 4.83. The zero-order valence-corrected chi connectivity index (χ0v) is 6.72. The largest absolute Gasteiger partial charge is 2.00 e. The van der Waals surface area contributed by atoms with E-state index >= 15 is 0 Å². The fraction of sp³-hybridized carbons (Fsp3) is 0.750. The molecule has 0 aromatic rings. The SMILES string of the molecule is COCCC=O.[Ca+2].[H-].[H-]. The molecule has 0 fully saturated rings. The third-order valence-electron chi connectivity index (χ3n) is 0.440. The van der Waals surface area contributed by atoms with Crippen LogP contribution in [0.1, 0.15) is 9.27 Å². The van der Waals surface area contributed by atoms with Gasteiger partial charge in [-0.15, -0.1) is 0 Å². The molecule has 0 N–H and O–H groups in total. The first-order chi connectivity index (χ1) is 2.91. The molecule has 0 bridgehead atoms. The topological polar surface area (TPSA) is 26.3 Å². The zero-order valence-electron chi connectivity index (χ0n) is 6.52. The van der Waals surface area contributed by atoms with E-state index in [9.17, 15) is 4.79 Å². The summed E-state index contributed by atoms with van der Waals surface area (Å²) in [6, 6.07) is 0. The summed E-state index contributed by atoms with van der Waals surface area (Å²) in [6.45, 7) is 0.545. The quantitative estimate of drug-likeness (QED) is 0.307.